The molecule has 0 unspecified atom stereocenters. The minimum absolute atomic E-state index is 0.418. The summed E-state index contributed by atoms with van der Waals surface area (Å²) < 4.78 is 0. The van der Waals surface area contributed by atoms with E-state index in [2.05, 4.69) is 5.32 Å². The highest BCUT2D eigenvalue weighted by atomic mass is 35.5. The van der Waals surface area contributed by atoms with E-state index in [1.165, 1.54) is 0 Å². The van der Waals surface area contributed by atoms with E-state index < -0.39 is 12.0 Å². The predicted octanol–water partition coefficient (Wildman–Crippen LogP) is 1.33. The van der Waals surface area contributed by atoms with Gasteiger partial charge in [-0.3, -0.25) is 4.79 Å². The van der Waals surface area contributed by atoms with E-state index in [-0.39, 0.29) is 0 Å². The third kappa shape index (κ3) is 0.906. The second-order valence-corrected chi connectivity index (χ2v) is 3.00. The first-order chi connectivity index (χ1) is 5.70. The fourth-order valence-corrected chi connectivity index (χ4v) is 1.46. The highest BCUT2D eigenvalue weighted by molar-refractivity contribution is 6.34. The molecule has 1 amide bonds. The van der Waals surface area contributed by atoms with Gasteiger partial charge in [0.05, 0.1) is 10.7 Å². The lowest BCUT2D eigenvalue weighted by molar-refractivity contribution is -0.123. The van der Waals surface area contributed by atoms with Gasteiger partial charge < -0.3 is 10.4 Å². The normalized spacial score (nSPS) is 20.5. The maximum absolute atomic E-state index is 11.0. The third-order valence-corrected chi connectivity index (χ3v) is 2.15. The maximum atomic E-state index is 11.0. The fourth-order valence-electron chi connectivity index (χ4n) is 1.23. The molecule has 1 aromatic rings. The average molecular weight is 184 g/mol. The van der Waals surface area contributed by atoms with Gasteiger partial charge in [-0.25, -0.2) is 0 Å². The molecule has 2 N–H and O–H groups in total. The molecule has 0 saturated carbocycles. The molecule has 0 radical (unpaired) electrons. The van der Waals surface area contributed by atoms with Crippen LogP contribution in [0.2, 0.25) is 5.02 Å². The molecule has 1 atom stereocenters. The Labute approximate surface area is 74.0 Å². The van der Waals surface area contributed by atoms with Crippen LogP contribution in [0.1, 0.15) is 11.7 Å². The molecule has 62 valence electrons. The number of halogens is 1. The lowest BCUT2D eigenvalue weighted by Gasteiger charge is -1.99. The van der Waals surface area contributed by atoms with Gasteiger partial charge in [-0.15, -0.1) is 0 Å². The van der Waals surface area contributed by atoms with E-state index >= 15 is 0 Å². The first-order valence-electron chi connectivity index (χ1n) is 3.47. The number of aliphatic hydroxyl groups is 1. The van der Waals surface area contributed by atoms with E-state index in [4.69, 9.17) is 11.6 Å². The molecule has 1 heterocycles. The number of carbonyl (C=O) groups is 1. The molecule has 0 aromatic heterocycles. The lowest BCUT2D eigenvalue weighted by Crippen LogP contribution is -2.10. The van der Waals surface area contributed by atoms with Crippen molar-refractivity contribution in [1.82, 2.24) is 0 Å². The summed E-state index contributed by atoms with van der Waals surface area (Å²) in [6.07, 6.45) is -1.07. The van der Waals surface area contributed by atoms with Gasteiger partial charge in [-0.2, -0.15) is 0 Å². The zero-order chi connectivity index (χ0) is 8.72. The first kappa shape index (κ1) is 7.58. The molecular weight excluding hydrogens is 178 g/mol. The Bertz CT molecular complexity index is 351. The summed E-state index contributed by atoms with van der Waals surface area (Å²) >= 11 is 5.77. The first-order valence-corrected chi connectivity index (χ1v) is 3.85. The second-order valence-electron chi connectivity index (χ2n) is 2.60. The number of carbonyl (C=O) groups excluding carboxylic acids is 1. The van der Waals surface area contributed by atoms with Crippen molar-refractivity contribution >= 4 is 23.2 Å². The minimum Gasteiger partial charge on any atom is -0.378 e. The molecule has 0 saturated heterocycles. The summed E-state index contributed by atoms with van der Waals surface area (Å²) in [4.78, 5) is 11.0. The Kier molecular flexibility index (Phi) is 1.56. The van der Waals surface area contributed by atoms with E-state index in [1.54, 1.807) is 18.2 Å². The van der Waals surface area contributed by atoms with Crippen LogP contribution in [0.3, 0.4) is 0 Å². The number of rotatable bonds is 0. The van der Waals surface area contributed by atoms with Crippen molar-refractivity contribution in [3.05, 3.63) is 28.8 Å². The molecule has 1 aliphatic heterocycles. The number of benzene rings is 1. The number of hydrogen-bond donors (Lipinski definition) is 2. The molecule has 4 heteroatoms. The van der Waals surface area contributed by atoms with Gasteiger partial charge in [-0.1, -0.05) is 23.7 Å². The number of anilines is 1. The van der Waals surface area contributed by atoms with Crippen LogP contribution >= 0.6 is 11.6 Å². The summed E-state index contributed by atoms with van der Waals surface area (Å²) in [7, 11) is 0. The molecule has 2 rings (SSSR count). The van der Waals surface area contributed by atoms with Gasteiger partial charge in [0.25, 0.3) is 5.91 Å². The van der Waals surface area contributed by atoms with Gasteiger partial charge in [0.2, 0.25) is 0 Å². The van der Waals surface area contributed by atoms with Crippen LogP contribution < -0.4 is 5.32 Å². The quantitative estimate of drug-likeness (QED) is 0.638. The molecular formula is C8H6ClNO2. The van der Waals surface area contributed by atoms with Crippen molar-refractivity contribution in [2.75, 3.05) is 5.32 Å². The maximum Gasteiger partial charge on any atom is 0.257 e. The number of amides is 1. The van der Waals surface area contributed by atoms with Crippen molar-refractivity contribution in [1.29, 1.82) is 0 Å². The van der Waals surface area contributed by atoms with Crippen molar-refractivity contribution in [2.45, 2.75) is 6.10 Å². The fraction of sp³-hybridized carbons (Fsp3) is 0.125. The molecule has 1 aliphatic rings. The summed E-state index contributed by atoms with van der Waals surface area (Å²) in [6.45, 7) is 0. The van der Waals surface area contributed by atoms with Crippen LogP contribution in [0.15, 0.2) is 18.2 Å². The van der Waals surface area contributed by atoms with Gasteiger partial charge in [0, 0.05) is 5.56 Å². The van der Waals surface area contributed by atoms with Crippen molar-refractivity contribution in [3.8, 4) is 0 Å². The van der Waals surface area contributed by atoms with Crippen LogP contribution in [0, 0.1) is 0 Å². The van der Waals surface area contributed by atoms with E-state index in [0.29, 0.717) is 16.3 Å². The van der Waals surface area contributed by atoms with Gasteiger partial charge >= 0.3 is 0 Å². The Morgan fingerprint density at radius 1 is 1.50 bits per heavy atom. The summed E-state index contributed by atoms with van der Waals surface area (Å²) in [5, 5.41) is 12.3. The smallest absolute Gasteiger partial charge is 0.257 e. The van der Waals surface area contributed by atoms with Crippen LogP contribution in [-0.4, -0.2) is 11.0 Å². The van der Waals surface area contributed by atoms with Gasteiger partial charge in [0.15, 0.2) is 6.10 Å². The van der Waals surface area contributed by atoms with E-state index in [9.17, 15) is 9.90 Å². The topological polar surface area (TPSA) is 49.3 Å². The second kappa shape index (κ2) is 2.47. The SMILES string of the molecule is O=C1Nc2c(Cl)cccc2[C@@H]1O. The Morgan fingerprint density at radius 2 is 2.25 bits per heavy atom. The molecule has 0 bridgehead atoms. The summed E-state index contributed by atoms with van der Waals surface area (Å²) in [6, 6.07) is 5.03. The molecule has 3 nitrogen and oxygen atoms in total. The molecule has 0 spiro atoms. The number of fused-ring (bicyclic) bond motifs is 1. The van der Waals surface area contributed by atoms with E-state index in [1.807, 2.05) is 0 Å². The van der Waals surface area contributed by atoms with Crippen molar-refractivity contribution in [2.24, 2.45) is 0 Å². The van der Waals surface area contributed by atoms with E-state index in [0.717, 1.165) is 0 Å². The monoisotopic (exact) mass is 183 g/mol. The number of nitrogens with one attached hydrogen (secondary N) is 1. The van der Waals surface area contributed by atoms with Crippen LogP contribution in [0.5, 0.6) is 0 Å². The van der Waals surface area contributed by atoms with Crippen molar-refractivity contribution < 1.29 is 9.90 Å². The Morgan fingerprint density at radius 3 is 2.92 bits per heavy atom. The standard InChI is InChI=1S/C8H6ClNO2/c9-5-3-1-2-4-6(5)10-8(12)7(4)11/h1-3,7,11H,(H,10,12)/t7-/m0/s1. The average Bonchev–Trinajstić information content (AvgIpc) is 2.32. The van der Waals surface area contributed by atoms with Crippen LogP contribution in [0.4, 0.5) is 5.69 Å². The number of hydrogen-bond acceptors (Lipinski definition) is 2. The molecule has 0 aliphatic carbocycles. The third-order valence-electron chi connectivity index (χ3n) is 1.84. The highest BCUT2D eigenvalue weighted by Gasteiger charge is 2.29. The summed E-state index contributed by atoms with van der Waals surface area (Å²) in [5.74, 6) is -0.418. The number of para-hydroxylation sites is 1. The van der Waals surface area contributed by atoms with Crippen molar-refractivity contribution in [3.63, 3.8) is 0 Å². The van der Waals surface area contributed by atoms with Gasteiger partial charge in [-0.05, 0) is 6.07 Å². The predicted molar refractivity (Wildman–Crippen MR) is 45.0 cm³/mol. The molecule has 12 heavy (non-hydrogen) atoms. The Balaban J connectivity index is 2.60. The molecule has 1 aromatic carbocycles. The molecule has 0 fully saturated rings. The van der Waals surface area contributed by atoms with Crippen LogP contribution in [0.25, 0.3) is 0 Å². The van der Waals surface area contributed by atoms with Crippen LogP contribution in [-0.2, 0) is 4.79 Å². The lowest BCUT2D eigenvalue weighted by atomic mass is 10.1. The summed E-state index contributed by atoms with van der Waals surface area (Å²) in [5.41, 5.74) is 1.07. The zero-order valence-corrected chi connectivity index (χ0v) is 6.80. The van der Waals surface area contributed by atoms with Gasteiger partial charge in [0.1, 0.15) is 0 Å². The minimum atomic E-state index is -1.07. The zero-order valence-electron chi connectivity index (χ0n) is 6.04. The number of aliphatic hydroxyl groups excluding tert-OH is 1. The highest BCUT2D eigenvalue weighted by Crippen LogP contribution is 2.35. The largest absolute Gasteiger partial charge is 0.378 e. The Hall–Kier alpha value is -1.06.